The molecule has 0 bridgehead atoms. The molecule has 0 N–H and O–H groups in total. The standard InChI is InChI=1S/C5H10N.Tl/c1-2-4-6-5-3-1;/h1-5H2;/q-1;+1. The van der Waals surface area contributed by atoms with E-state index in [1.165, 1.54) is 32.4 Å². The van der Waals surface area contributed by atoms with Crippen LogP contribution in [0, 0.1) is 0 Å². The molecule has 1 nitrogen and oxygen atoms in total. The molecular formula is C5H10NTl. The molecule has 2 heteroatoms. The van der Waals surface area contributed by atoms with Gasteiger partial charge in [0.15, 0.2) is 0 Å². The summed E-state index contributed by atoms with van der Waals surface area (Å²) in [5, 5.41) is 0. The molecule has 0 aromatic carbocycles. The van der Waals surface area contributed by atoms with Crippen molar-refractivity contribution in [2.75, 3.05) is 13.1 Å². The zero-order valence-electron chi connectivity index (χ0n) is 4.56. The molecule has 0 amide bonds. The van der Waals surface area contributed by atoms with E-state index in [9.17, 15) is 0 Å². The van der Waals surface area contributed by atoms with Crippen LogP contribution in [-0.2, 0) is 0 Å². The van der Waals surface area contributed by atoms with E-state index >= 15 is 0 Å². The number of hydrogen-bond acceptors (Lipinski definition) is 1. The van der Waals surface area contributed by atoms with Crippen LogP contribution in [0.1, 0.15) is 19.3 Å². The van der Waals surface area contributed by atoms with Gasteiger partial charge in [-0.15, -0.1) is 0 Å². The topological polar surface area (TPSA) is 3.24 Å². The first-order valence-corrected chi connectivity index (χ1v) is 4.90. The summed E-state index contributed by atoms with van der Waals surface area (Å²) >= 11 is 1.10. The molecule has 1 aliphatic rings. The normalized spacial score (nSPS) is 25.0. The van der Waals surface area contributed by atoms with Gasteiger partial charge in [0.05, 0.1) is 0 Å². The van der Waals surface area contributed by atoms with Gasteiger partial charge in [-0.05, 0) is 0 Å². The van der Waals surface area contributed by atoms with Crippen LogP contribution in [0.5, 0.6) is 0 Å². The van der Waals surface area contributed by atoms with Gasteiger partial charge in [0, 0.05) is 0 Å². The molecule has 1 rings (SSSR count). The van der Waals surface area contributed by atoms with Crippen molar-refractivity contribution in [3.8, 4) is 0 Å². The van der Waals surface area contributed by atoms with Gasteiger partial charge in [-0.3, -0.25) is 0 Å². The van der Waals surface area contributed by atoms with Crippen LogP contribution in [0.15, 0.2) is 0 Å². The van der Waals surface area contributed by atoms with Crippen LogP contribution in [0.4, 0.5) is 0 Å². The van der Waals surface area contributed by atoms with Gasteiger partial charge in [0.25, 0.3) is 0 Å². The van der Waals surface area contributed by atoms with Gasteiger partial charge in [0.1, 0.15) is 0 Å². The fraction of sp³-hybridized carbons (Fsp3) is 1.00. The third kappa shape index (κ3) is 2.08. The molecule has 38 valence electrons. The molecule has 0 saturated carbocycles. The first-order chi connectivity index (χ1) is 3.39. The van der Waals surface area contributed by atoms with Crippen LogP contribution in [0.2, 0.25) is 0 Å². The van der Waals surface area contributed by atoms with Crippen molar-refractivity contribution in [2.45, 2.75) is 19.3 Å². The van der Waals surface area contributed by atoms with Gasteiger partial charge in [-0.2, -0.15) is 0 Å². The minimum atomic E-state index is 1.10. The molecule has 1 fully saturated rings. The van der Waals surface area contributed by atoms with Crippen molar-refractivity contribution >= 4 is 26.1 Å². The van der Waals surface area contributed by atoms with Crippen molar-refractivity contribution in [1.29, 1.82) is 0 Å². The Morgan fingerprint density at radius 3 is 1.86 bits per heavy atom. The summed E-state index contributed by atoms with van der Waals surface area (Å²) < 4.78 is 2.56. The molecule has 1 heterocycles. The van der Waals surface area contributed by atoms with Crippen molar-refractivity contribution in [1.82, 2.24) is 2.71 Å². The van der Waals surface area contributed by atoms with E-state index in [-0.39, 0.29) is 0 Å². The van der Waals surface area contributed by atoms with Gasteiger partial charge >= 0.3 is 61.1 Å². The molecule has 0 aromatic heterocycles. The fourth-order valence-electron chi connectivity index (χ4n) is 0.918. The van der Waals surface area contributed by atoms with E-state index in [1.807, 2.05) is 0 Å². The summed E-state index contributed by atoms with van der Waals surface area (Å²) in [5.41, 5.74) is 0. The quantitative estimate of drug-likeness (QED) is 0.589. The second-order valence-corrected chi connectivity index (χ2v) is 4.94. The molecule has 0 aliphatic carbocycles. The van der Waals surface area contributed by atoms with Gasteiger partial charge in [-0.25, -0.2) is 0 Å². The summed E-state index contributed by atoms with van der Waals surface area (Å²) in [7, 11) is 0. The van der Waals surface area contributed by atoms with E-state index in [0.717, 1.165) is 26.1 Å². The second-order valence-electron chi connectivity index (χ2n) is 2.10. The van der Waals surface area contributed by atoms with E-state index in [1.54, 1.807) is 0 Å². The van der Waals surface area contributed by atoms with Crippen LogP contribution in [-0.4, -0.2) is 41.9 Å². The Morgan fingerprint density at radius 2 is 1.57 bits per heavy atom. The van der Waals surface area contributed by atoms with Crippen molar-refractivity contribution < 1.29 is 0 Å². The molecule has 0 spiro atoms. The average Bonchev–Trinajstić information content (AvgIpc) is 1.69. The maximum atomic E-state index is 2.56. The Labute approximate surface area is 61.2 Å². The molecule has 7 heavy (non-hydrogen) atoms. The Bertz CT molecular complexity index is 50.0. The Kier molecular flexibility index (Phi) is 2.59. The third-order valence-corrected chi connectivity index (χ3v) is 3.40. The summed E-state index contributed by atoms with van der Waals surface area (Å²) in [5.74, 6) is 0. The first kappa shape index (κ1) is 6.01. The number of nitrogens with zero attached hydrogens (tertiary/aromatic N) is 1. The number of rotatable bonds is 0. The molecule has 0 atom stereocenters. The Balaban J connectivity index is 2.12. The van der Waals surface area contributed by atoms with Crippen molar-refractivity contribution in [3.05, 3.63) is 0 Å². The Morgan fingerprint density at radius 1 is 1.00 bits per heavy atom. The molecule has 1 aliphatic heterocycles. The predicted molar refractivity (Wildman–Crippen MR) is 31.2 cm³/mol. The molecular weight excluding hydrogens is 278 g/mol. The Hall–Kier alpha value is 0.882. The zero-order chi connectivity index (χ0) is 5.11. The van der Waals surface area contributed by atoms with E-state index in [0.29, 0.717) is 0 Å². The van der Waals surface area contributed by atoms with E-state index in [4.69, 9.17) is 0 Å². The molecule has 1 saturated heterocycles. The summed E-state index contributed by atoms with van der Waals surface area (Å²) in [6.45, 7) is 2.79. The van der Waals surface area contributed by atoms with Gasteiger partial charge < -0.3 is 0 Å². The van der Waals surface area contributed by atoms with Crippen LogP contribution >= 0.6 is 0 Å². The molecule has 0 radical (unpaired) electrons. The van der Waals surface area contributed by atoms with Crippen LogP contribution < -0.4 is 0 Å². The average molecular weight is 289 g/mol. The second kappa shape index (κ2) is 3.02. The third-order valence-electron chi connectivity index (χ3n) is 1.39. The summed E-state index contributed by atoms with van der Waals surface area (Å²) in [6.07, 6.45) is 4.39. The van der Waals surface area contributed by atoms with E-state index in [2.05, 4.69) is 2.71 Å². The summed E-state index contributed by atoms with van der Waals surface area (Å²) in [4.78, 5) is 0. The monoisotopic (exact) mass is 289 g/mol. The van der Waals surface area contributed by atoms with Crippen molar-refractivity contribution in [2.24, 2.45) is 0 Å². The number of hydrogen-bond donors (Lipinski definition) is 0. The first-order valence-electron chi connectivity index (χ1n) is 2.89. The zero-order valence-corrected chi connectivity index (χ0v) is 9.05. The number of piperidine rings is 1. The van der Waals surface area contributed by atoms with Crippen molar-refractivity contribution in [3.63, 3.8) is 0 Å². The van der Waals surface area contributed by atoms with Gasteiger partial charge in [0.2, 0.25) is 0 Å². The maximum absolute atomic E-state index is 2.56. The van der Waals surface area contributed by atoms with Crippen LogP contribution in [0.3, 0.4) is 0 Å². The minimum absolute atomic E-state index is 1.10. The fourth-order valence-corrected chi connectivity index (χ4v) is 2.34. The molecule has 0 aromatic rings. The predicted octanol–water partition coefficient (Wildman–Crippen LogP) is 0.556. The van der Waals surface area contributed by atoms with Gasteiger partial charge in [-0.1, -0.05) is 0 Å². The van der Waals surface area contributed by atoms with E-state index < -0.39 is 0 Å². The summed E-state index contributed by atoms with van der Waals surface area (Å²) in [6, 6.07) is 0. The molecule has 0 unspecified atom stereocenters. The van der Waals surface area contributed by atoms with Crippen LogP contribution in [0.25, 0.3) is 0 Å². The SMILES string of the molecule is [Tl][N]1CCCCC1.